The Labute approximate surface area is 506 Å². The van der Waals surface area contributed by atoms with Gasteiger partial charge in [0.05, 0.1) is 39.9 Å². The Bertz CT molecular complexity index is 1410. The minimum Gasteiger partial charge on any atom is -0.387 e. The largest absolute Gasteiger partial charge is 0.472 e. The first-order valence-corrected chi connectivity index (χ1v) is 37.4. The number of nitrogens with zero attached hydrogens (tertiary/aromatic N) is 1. The molecule has 0 aromatic heterocycles. The summed E-state index contributed by atoms with van der Waals surface area (Å²) in [6.45, 7) is 4.85. The minimum absolute atomic E-state index is 0.0555. The number of phosphoric ester groups is 1. The smallest absolute Gasteiger partial charge is 0.387 e. The number of hydrogen-bond donors (Lipinski definition) is 3. The van der Waals surface area contributed by atoms with Crippen LogP contribution in [0.4, 0.5) is 0 Å². The molecular weight excluding hydrogens is 1020 g/mol. The summed E-state index contributed by atoms with van der Waals surface area (Å²) in [7, 11) is 1.56. The first kappa shape index (κ1) is 79.7. The maximum atomic E-state index is 13.0. The maximum absolute atomic E-state index is 13.0. The number of nitrogens with one attached hydrogen (secondary N) is 1. The summed E-state index contributed by atoms with van der Waals surface area (Å²) in [6, 6.07) is -0.870. The Morgan fingerprint density at radius 3 is 0.988 bits per heavy atom. The second kappa shape index (κ2) is 63.2. The summed E-state index contributed by atoms with van der Waals surface area (Å²) in [4.78, 5) is 23.4. The van der Waals surface area contributed by atoms with E-state index in [9.17, 15) is 19.4 Å². The summed E-state index contributed by atoms with van der Waals surface area (Å²) in [5, 5.41) is 14.0. The fourth-order valence-corrected chi connectivity index (χ4v) is 11.8. The second-order valence-electron chi connectivity index (χ2n) is 26.0. The van der Waals surface area contributed by atoms with Gasteiger partial charge in [-0.3, -0.25) is 13.8 Å². The summed E-state index contributed by atoms with van der Waals surface area (Å²) < 4.78 is 23.8. The standard InChI is InChI=1S/C72H141N2O6P/c1-6-8-10-12-14-16-18-20-22-24-26-28-30-32-34-36-37-38-40-42-44-46-48-50-52-54-56-58-60-62-64-66-72(76)73-70(69-80-81(77,78)79-68-67-74(3,4)5)71(75)65-63-61-59-57-55-53-51-49-47-45-43-41-39-35-33-31-29-27-25-23-21-19-17-15-13-11-9-7-2/h47,49,55,57,63,65,70-71,75H,6-46,48,50-54,56,58-62,64,66-69H2,1-5H3,(H-,73,76,77,78)/p+1/b49-47+,57-55+,65-63+. The van der Waals surface area contributed by atoms with E-state index in [0.717, 1.165) is 44.9 Å². The fraction of sp³-hybridized carbons (Fsp3) is 0.903. The number of amides is 1. The van der Waals surface area contributed by atoms with Crippen LogP contribution in [0.2, 0.25) is 0 Å². The van der Waals surface area contributed by atoms with E-state index in [-0.39, 0.29) is 19.1 Å². The number of aliphatic hydroxyl groups excluding tert-OH is 1. The molecule has 0 spiro atoms. The van der Waals surface area contributed by atoms with Crippen LogP contribution in [-0.2, 0) is 18.4 Å². The fourth-order valence-electron chi connectivity index (χ4n) is 11.0. The summed E-state index contributed by atoms with van der Waals surface area (Å²) in [6.07, 6.45) is 84.6. The molecule has 0 bridgehead atoms. The van der Waals surface area contributed by atoms with E-state index in [1.807, 2.05) is 27.2 Å². The lowest BCUT2D eigenvalue weighted by Crippen LogP contribution is -2.45. The van der Waals surface area contributed by atoms with Crippen molar-refractivity contribution < 1.29 is 32.9 Å². The zero-order valence-corrected chi connectivity index (χ0v) is 55.9. The molecule has 0 aromatic rings. The van der Waals surface area contributed by atoms with Crippen molar-refractivity contribution in [1.29, 1.82) is 0 Å². The molecule has 9 heteroatoms. The normalized spacial score (nSPS) is 13.8. The molecule has 1 amide bonds. The number of allylic oxidation sites excluding steroid dienone is 5. The lowest BCUT2D eigenvalue weighted by Gasteiger charge is -2.25. The molecule has 0 aromatic carbocycles. The molecule has 3 atom stereocenters. The van der Waals surface area contributed by atoms with Gasteiger partial charge in [-0.1, -0.05) is 352 Å². The molecule has 0 saturated carbocycles. The number of rotatable bonds is 67. The maximum Gasteiger partial charge on any atom is 0.472 e. The van der Waals surface area contributed by atoms with Crippen LogP contribution in [0, 0.1) is 0 Å². The van der Waals surface area contributed by atoms with Gasteiger partial charge in [-0.25, -0.2) is 4.57 Å². The molecule has 0 aliphatic carbocycles. The van der Waals surface area contributed by atoms with Crippen molar-refractivity contribution in [3.63, 3.8) is 0 Å². The zero-order valence-electron chi connectivity index (χ0n) is 55.1. The highest BCUT2D eigenvalue weighted by atomic mass is 31.2. The van der Waals surface area contributed by atoms with Crippen LogP contribution < -0.4 is 5.32 Å². The van der Waals surface area contributed by atoms with E-state index in [0.29, 0.717) is 17.4 Å². The topological polar surface area (TPSA) is 105 Å². The van der Waals surface area contributed by atoms with E-state index in [4.69, 9.17) is 9.05 Å². The van der Waals surface area contributed by atoms with Crippen LogP contribution in [0.3, 0.4) is 0 Å². The summed E-state index contributed by atoms with van der Waals surface area (Å²) in [5.41, 5.74) is 0. The first-order valence-electron chi connectivity index (χ1n) is 35.9. The molecule has 0 fully saturated rings. The molecule has 0 saturated heterocycles. The van der Waals surface area contributed by atoms with Gasteiger partial charge in [0, 0.05) is 6.42 Å². The Morgan fingerprint density at radius 2 is 0.679 bits per heavy atom. The van der Waals surface area contributed by atoms with Crippen molar-refractivity contribution in [2.45, 2.75) is 379 Å². The van der Waals surface area contributed by atoms with Crippen molar-refractivity contribution in [2.24, 2.45) is 0 Å². The molecule has 480 valence electrons. The lowest BCUT2D eigenvalue weighted by molar-refractivity contribution is -0.870. The van der Waals surface area contributed by atoms with Gasteiger partial charge in [-0.15, -0.1) is 0 Å². The van der Waals surface area contributed by atoms with Crippen LogP contribution >= 0.6 is 7.82 Å². The molecule has 0 radical (unpaired) electrons. The average molecular weight is 1160 g/mol. The number of hydrogen-bond acceptors (Lipinski definition) is 5. The van der Waals surface area contributed by atoms with Crippen LogP contribution in [0.5, 0.6) is 0 Å². The SMILES string of the molecule is CCCCCCCCCCCCCCCCCCCC/C=C/CC/C=C/CC/C=C/C(O)C(COP(=O)(O)OCC[N+](C)(C)C)NC(=O)CCCCCCCCCCCCCCCCCCCCCCCCCCCCCCCCC. The van der Waals surface area contributed by atoms with E-state index in [1.165, 1.54) is 302 Å². The van der Waals surface area contributed by atoms with Gasteiger partial charge < -0.3 is 19.8 Å². The van der Waals surface area contributed by atoms with Gasteiger partial charge in [0.15, 0.2) is 0 Å². The highest BCUT2D eigenvalue weighted by Gasteiger charge is 2.28. The van der Waals surface area contributed by atoms with Crippen molar-refractivity contribution in [1.82, 2.24) is 5.32 Å². The zero-order chi connectivity index (χ0) is 59.1. The molecule has 0 heterocycles. The predicted octanol–water partition coefficient (Wildman–Crippen LogP) is 22.8. The summed E-state index contributed by atoms with van der Waals surface area (Å²) >= 11 is 0. The van der Waals surface area contributed by atoms with Crippen molar-refractivity contribution in [3.8, 4) is 0 Å². The Kier molecular flexibility index (Phi) is 62.2. The summed E-state index contributed by atoms with van der Waals surface area (Å²) in [5.74, 6) is -0.183. The monoisotopic (exact) mass is 1160 g/mol. The Hall–Kier alpha value is -1.28. The van der Waals surface area contributed by atoms with Crippen LogP contribution in [-0.4, -0.2) is 73.4 Å². The molecule has 3 unspecified atom stereocenters. The number of carbonyl (C=O) groups is 1. The predicted molar refractivity (Wildman–Crippen MR) is 355 cm³/mol. The van der Waals surface area contributed by atoms with E-state index >= 15 is 0 Å². The molecule has 0 rings (SSSR count). The third kappa shape index (κ3) is 66.1. The number of unbranched alkanes of at least 4 members (excludes halogenated alkanes) is 50. The van der Waals surface area contributed by atoms with E-state index in [2.05, 4.69) is 43.5 Å². The number of phosphoric acid groups is 1. The first-order chi connectivity index (χ1) is 39.5. The molecule has 0 aliphatic heterocycles. The molecule has 81 heavy (non-hydrogen) atoms. The quantitative estimate of drug-likeness (QED) is 0.0243. The second-order valence-corrected chi connectivity index (χ2v) is 27.4. The molecule has 0 aliphatic rings. The minimum atomic E-state index is -4.36. The number of likely N-dealkylation sites (N-methyl/N-ethyl adjacent to an activating group) is 1. The van der Waals surface area contributed by atoms with Crippen molar-refractivity contribution in [3.05, 3.63) is 36.5 Å². The average Bonchev–Trinajstić information content (AvgIpc) is 3.43. The van der Waals surface area contributed by atoms with Crippen molar-refractivity contribution in [2.75, 3.05) is 40.9 Å². The molecule has 3 N–H and O–H groups in total. The highest BCUT2D eigenvalue weighted by Crippen LogP contribution is 2.43. The van der Waals surface area contributed by atoms with Gasteiger partial charge in [-0.05, 0) is 44.9 Å². The third-order valence-corrected chi connectivity index (χ3v) is 17.6. The number of carbonyl (C=O) groups excluding carboxylic acids is 1. The Balaban J connectivity index is 4.08. The molecule has 8 nitrogen and oxygen atoms in total. The van der Waals surface area contributed by atoms with Crippen LogP contribution in [0.25, 0.3) is 0 Å². The van der Waals surface area contributed by atoms with Gasteiger partial charge in [0.1, 0.15) is 13.2 Å². The number of aliphatic hydroxyl groups is 1. The van der Waals surface area contributed by atoms with Crippen LogP contribution in [0.15, 0.2) is 36.5 Å². The van der Waals surface area contributed by atoms with Crippen molar-refractivity contribution >= 4 is 13.7 Å². The third-order valence-electron chi connectivity index (χ3n) is 16.6. The highest BCUT2D eigenvalue weighted by molar-refractivity contribution is 7.47. The van der Waals surface area contributed by atoms with Gasteiger partial charge >= 0.3 is 7.82 Å². The van der Waals surface area contributed by atoms with Crippen LogP contribution in [0.1, 0.15) is 367 Å². The van der Waals surface area contributed by atoms with Gasteiger partial charge in [-0.2, -0.15) is 0 Å². The molecular formula is C72H142N2O6P+. The van der Waals surface area contributed by atoms with Gasteiger partial charge in [0.2, 0.25) is 5.91 Å². The van der Waals surface area contributed by atoms with E-state index < -0.39 is 20.0 Å². The number of quaternary nitrogens is 1. The van der Waals surface area contributed by atoms with E-state index in [1.54, 1.807) is 6.08 Å². The lowest BCUT2D eigenvalue weighted by atomic mass is 10.0. The Morgan fingerprint density at radius 1 is 0.407 bits per heavy atom. The van der Waals surface area contributed by atoms with Gasteiger partial charge in [0.25, 0.3) is 0 Å².